The lowest BCUT2D eigenvalue weighted by Crippen LogP contribution is -2.53. The van der Waals surface area contributed by atoms with Gasteiger partial charge in [-0.25, -0.2) is 18.2 Å². The molecular formula is C10H9N3O6S. The van der Waals surface area contributed by atoms with Crippen LogP contribution in [0.5, 0.6) is 0 Å². The molecule has 2 amide bonds. The largest absolute Gasteiger partial charge is 0.478 e. The van der Waals surface area contributed by atoms with Crippen molar-refractivity contribution in [3.8, 4) is 0 Å². The standard InChI is InChI=1S/C10H9N3O6S/c14-7-4-13(5-8(15)12-7)20(18,19)9-2-1-6(3-11-9)10(16)17/h1-3H,4-5H2,(H,16,17)(H,12,14,15). The molecule has 1 fully saturated rings. The Hall–Kier alpha value is -2.33. The molecule has 20 heavy (non-hydrogen) atoms. The van der Waals surface area contributed by atoms with E-state index in [-0.39, 0.29) is 5.56 Å². The van der Waals surface area contributed by atoms with Crippen molar-refractivity contribution in [1.29, 1.82) is 0 Å². The van der Waals surface area contributed by atoms with E-state index in [9.17, 15) is 22.8 Å². The van der Waals surface area contributed by atoms with E-state index in [1.54, 1.807) is 0 Å². The van der Waals surface area contributed by atoms with Crippen LogP contribution in [0.3, 0.4) is 0 Å². The minimum atomic E-state index is -4.12. The van der Waals surface area contributed by atoms with E-state index in [0.29, 0.717) is 4.31 Å². The Morgan fingerprint density at radius 1 is 1.25 bits per heavy atom. The van der Waals surface area contributed by atoms with Crippen LogP contribution in [0.15, 0.2) is 23.4 Å². The maximum atomic E-state index is 12.1. The zero-order valence-corrected chi connectivity index (χ0v) is 10.8. The van der Waals surface area contributed by atoms with E-state index in [1.165, 1.54) is 0 Å². The highest BCUT2D eigenvalue weighted by Crippen LogP contribution is 2.14. The summed E-state index contributed by atoms with van der Waals surface area (Å²) in [7, 11) is -4.12. The molecule has 1 aromatic rings. The third-order valence-corrected chi connectivity index (χ3v) is 4.21. The second kappa shape index (κ2) is 4.98. The minimum Gasteiger partial charge on any atom is -0.478 e. The topological polar surface area (TPSA) is 134 Å². The van der Waals surface area contributed by atoms with E-state index in [2.05, 4.69) is 4.98 Å². The van der Waals surface area contributed by atoms with E-state index < -0.39 is 45.9 Å². The number of hydrogen-bond acceptors (Lipinski definition) is 6. The predicted octanol–water partition coefficient (Wildman–Crippen LogP) is -1.57. The summed E-state index contributed by atoms with van der Waals surface area (Å²) in [6.07, 6.45) is 0.890. The number of aromatic carboxylic acids is 1. The van der Waals surface area contributed by atoms with Crippen LogP contribution in [-0.2, 0) is 19.6 Å². The number of pyridine rings is 1. The Morgan fingerprint density at radius 3 is 2.30 bits per heavy atom. The first-order valence-electron chi connectivity index (χ1n) is 5.33. The summed E-state index contributed by atoms with van der Waals surface area (Å²) in [6.45, 7) is -0.979. The quantitative estimate of drug-likeness (QED) is 0.644. The molecule has 2 heterocycles. The number of piperazine rings is 1. The highest BCUT2D eigenvalue weighted by atomic mass is 32.2. The first-order chi connectivity index (χ1) is 9.30. The summed E-state index contributed by atoms with van der Waals surface area (Å²) >= 11 is 0. The van der Waals surface area contributed by atoms with Gasteiger partial charge in [-0.15, -0.1) is 0 Å². The maximum Gasteiger partial charge on any atom is 0.337 e. The van der Waals surface area contributed by atoms with E-state index >= 15 is 0 Å². The van der Waals surface area contributed by atoms with Crippen molar-refractivity contribution in [2.45, 2.75) is 5.03 Å². The van der Waals surface area contributed by atoms with Gasteiger partial charge >= 0.3 is 5.97 Å². The van der Waals surface area contributed by atoms with E-state index in [1.807, 2.05) is 5.32 Å². The molecule has 0 spiro atoms. The van der Waals surface area contributed by atoms with Crippen LogP contribution in [0.25, 0.3) is 0 Å². The highest BCUT2D eigenvalue weighted by Gasteiger charge is 2.33. The van der Waals surface area contributed by atoms with Crippen molar-refractivity contribution in [3.05, 3.63) is 23.9 Å². The first kappa shape index (κ1) is 14.1. The van der Waals surface area contributed by atoms with Crippen LogP contribution in [0.4, 0.5) is 0 Å². The average Bonchev–Trinajstić information content (AvgIpc) is 2.37. The summed E-state index contributed by atoms with van der Waals surface area (Å²) in [6, 6.07) is 2.09. The molecule has 0 saturated carbocycles. The van der Waals surface area contributed by atoms with Gasteiger partial charge in [-0.2, -0.15) is 4.31 Å². The summed E-state index contributed by atoms with van der Waals surface area (Å²) in [5.41, 5.74) is -0.170. The van der Waals surface area contributed by atoms with Crippen molar-refractivity contribution in [2.75, 3.05) is 13.1 Å². The SMILES string of the molecule is O=C1CN(S(=O)(=O)c2ccc(C(=O)O)cn2)CC(=O)N1. The van der Waals surface area contributed by atoms with Crippen molar-refractivity contribution >= 4 is 27.8 Å². The van der Waals surface area contributed by atoms with Crippen molar-refractivity contribution in [2.24, 2.45) is 0 Å². The summed E-state index contributed by atoms with van der Waals surface area (Å²) in [5, 5.41) is 10.2. The average molecular weight is 299 g/mol. The molecule has 0 unspecified atom stereocenters. The Morgan fingerprint density at radius 2 is 1.85 bits per heavy atom. The van der Waals surface area contributed by atoms with Gasteiger partial charge in [0.05, 0.1) is 18.7 Å². The second-order valence-corrected chi connectivity index (χ2v) is 5.82. The molecule has 0 aromatic carbocycles. The van der Waals surface area contributed by atoms with Crippen LogP contribution < -0.4 is 5.32 Å². The fourth-order valence-corrected chi connectivity index (χ4v) is 2.84. The number of aromatic nitrogens is 1. The van der Waals surface area contributed by atoms with Gasteiger partial charge in [-0.1, -0.05) is 0 Å². The van der Waals surface area contributed by atoms with Crippen LogP contribution in [0, 0.1) is 0 Å². The van der Waals surface area contributed by atoms with Gasteiger partial charge in [0.2, 0.25) is 11.8 Å². The molecule has 0 aliphatic carbocycles. The van der Waals surface area contributed by atoms with Crippen LogP contribution in [0.1, 0.15) is 10.4 Å². The van der Waals surface area contributed by atoms with Gasteiger partial charge in [0.1, 0.15) is 0 Å². The lowest BCUT2D eigenvalue weighted by atomic mass is 10.3. The molecule has 106 valence electrons. The number of imide groups is 1. The molecule has 1 aromatic heterocycles. The number of nitrogens with one attached hydrogen (secondary N) is 1. The number of carbonyl (C=O) groups is 3. The van der Waals surface area contributed by atoms with Crippen molar-refractivity contribution in [1.82, 2.24) is 14.6 Å². The number of sulfonamides is 1. The molecule has 0 atom stereocenters. The summed E-state index contributed by atoms with van der Waals surface area (Å²) in [5.74, 6) is -2.70. The Kier molecular flexibility index (Phi) is 3.51. The predicted molar refractivity (Wildman–Crippen MR) is 63.1 cm³/mol. The van der Waals surface area contributed by atoms with Crippen LogP contribution in [0.2, 0.25) is 0 Å². The van der Waals surface area contributed by atoms with Gasteiger partial charge in [0, 0.05) is 6.20 Å². The lowest BCUT2D eigenvalue weighted by molar-refractivity contribution is -0.134. The lowest BCUT2D eigenvalue weighted by Gasteiger charge is -2.24. The fourth-order valence-electron chi connectivity index (χ4n) is 1.57. The molecule has 1 aliphatic rings. The summed E-state index contributed by atoms with van der Waals surface area (Å²) in [4.78, 5) is 36.5. The molecular weight excluding hydrogens is 290 g/mol. The fraction of sp³-hybridized carbons (Fsp3) is 0.200. The molecule has 1 saturated heterocycles. The van der Waals surface area contributed by atoms with E-state index in [0.717, 1.165) is 18.3 Å². The number of rotatable bonds is 3. The van der Waals surface area contributed by atoms with Gasteiger partial charge in [-0.3, -0.25) is 14.9 Å². The van der Waals surface area contributed by atoms with Gasteiger partial charge in [-0.05, 0) is 12.1 Å². The molecule has 2 rings (SSSR count). The van der Waals surface area contributed by atoms with Crippen LogP contribution in [-0.4, -0.2) is 53.7 Å². The third kappa shape index (κ3) is 2.65. The zero-order chi connectivity index (χ0) is 14.9. The summed E-state index contributed by atoms with van der Waals surface area (Å²) < 4.78 is 25.0. The molecule has 10 heteroatoms. The zero-order valence-electron chi connectivity index (χ0n) is 9.94. The number of amides is 2. The van der Waals surface area contributed by atoms with E-state index in [4.69, 9.17) is 5.11 Å². The van der Waals surface area contributed by atoms with Gasteiger partial charge < -0.3 is 5.11 Å². The maximum absolute atomic E-state index is 12.1. The Balaban J connectivity index is 2.32. The van der Waals surface area contributed by atoms with Crippen molar-refractivity contribution in [3.63, 3.8) is 0 Å². The number of carbonyl (C=O) groups excluding carboxylic acids is 2. The second-order valence-electron chi connectivity index (χ2n) is 3.93. The molecule has 2 N–H and O–H groups in total. The minimum absolute atomic E-state index is 0.170. The Bertz CT molecular complexity index is 665. The molecule has 1 aliphatic heterocycles. The Labute approximate surface area is 113 Å². The number of carboxylic acids is 1. The normalized spacial score (nSPS) is 16.8. The smallest absolute Gasteiger partial charge is 0.337 e. The number of carboxylic acid groups (broad SMARTS) is 1. The highest BCUT2D eigenvalue weighted by molar-refractivity contribution is 7.89. The third-order valence-electron chi connectivity index (χ3n) is 2.51. The molecule has 0 radical (unpaired) electrons. The van der Waals surface area contributed by atoms with Crippen LogP contribution >= 0.6 is 0 Å². The molecule has 9 nitrogen and oxygen atoms in total. The van der Waals surface area contributed by atoms with Gasteiger partial charge in [0.15, 0.2) is 5.03 Å². The first-order valence-corrected chi connectivity index (χ1v) is 6.77. The number of nitrogens with zero attached hydrogens (tertiary/aromatic N) is 2. The molecule has 0 bridgehead atoms. The monoisotopic (exact) mass is 299 g/mol. The number of hydrogen-bond donors (Lipinski definition) is 2. The van der Waals surface area contributed by atoms with Gasteiger partial charge in [0.25, 0.3) is 10.0 Å². The van der Waals surface area contributed by atoms with Crippen molar-refractivity contribution < 1.29 is 27.9 Å².